The van der Waals surface area contributed by atoms with Gasteiger partial charge in [-0.05, 0) is 57.1 Å². The van der Waals surface area contributed by atoms with E-state index in [1.165, 1.54) is 0 Å². The number of rotatable bonds is 14. The molecule has 1 N–H and O–H groups in total. The fraction of sp³-hybridized carbons (Fsp3) is 0.742. The molecule has 9 nitrogen and oxygen atoms in total. The summed E-state index contributed by atoms with van der Waals surface area (Å²) in [5, 5.41) is 10.6. The number of carboxylic acids is 1. The van der Waals surface area contributed by atoms with Crippen LogP contribution in [0, 0.1) is 11.3 Å². The second-order valence-electron chi connectivity index (χ2n) is 12.6. The van der Waals surface area contributed by atoms with Gasteiger partial charge in [0.1, 0.15) is 5.75 Å². The summed E-state index contributed by atoms with van der Waals surface area (Å²) >= 11 is 0. The van der Waals surface area contributed by atoms with Crippen molar-refractivity contribution in [2.45, 2.75) is 71.1 Å². The molecule has 0 spiro atoms. The molecule has 224 valence electrons. The summed E-state index contributed by atoms with van der Waals surface area (Å²) in [7, 11) is 4.09. The Balaban J connectivity index is 1.60. The molecule has 3 unspecified atom stereocenters. The molecule has 3 aliphatic heterocycles. The maximum Gasteiger partial charge on any atom is 0.308 e. The van der Waals surface area contributed by atoms with Crippen LogP contribution in [0.1, 0.15) is 63.5 Å². The standard InChI is InChI=1S/C31H49N3O6/c1-6-7-13-33(14-8-12-32(4)5)27(35)21-34-20-24(22-9-10-26-23(18-22)11-15-38-26)28(29(36)37)25(34)19-31(2,3)30-39-16-17-40-30/h9-10,18,24-25,28,30H,6-8,11-17,19-21H2,1-5H3,(H,36,37). The summed E-state index contributed by atoms with van der Waals surface area (Å²) < 4.78 is 17.4. The molecule has 2 fully saturated rings. The molecule has 0 saturated carbocycles. The zero-order valence-corrected chi connectivity index (χ0v) is 25.1. The normalized spacial score (nSPS) is 23.5. The van der Waals surface area contributed by atoms with Gasteiger partial charge in [-0.2, -0.15) is 0 Å². The highest BCUT2D eigenvalue weighted by atomic mass is 16.7. The summed E-state index contributed by atoms with van der Waals surface area (Å²) in [5.41, 5.74) is 1.73. The van der Waals surface area contributed by atoms with Crippen molar-refractivity contribution in [3.05, 3.63) is 29.3 Å². The predicted octanol–water partition coefficient (Wildman–Crippen LogP) is 3.46. The number of likely N-dealkylation sites (tertiary alicyclic amines) is 1. The van der Waals surface area contributed by atoms with Gasteiger partial charge in [0.15, 0.2) is 6.29 Å². The van der Waals surface area contributed by atoms with Gasteiger partial charge in [-0.3, -0.25) is 14.5 Å². The smallest absolute Gasteiger partial charge is 0.308 e. The van der Waals surface area contributed by atoms with Crippen molar-refractivity contribution in [3.8, 4) is 5.75 Å². The van der Waals surface area contributed by atoms with Gasteiger partial charge in [-0.25, -0.2) is 0 Å². The van der Waals surface area contributed by atoms with E-state index in [1.54, 1.807) is 0 Å². The number of aliphatic carboxylic acids is 1. The lowest BCUT2D eigenvalue weighted by Gasteiger charge is -2.37. The van der Waals surface area contributed by atoms with Crippen LogP contribution < -0.4 is 4.74 Å². The fourth-order valence-electron chi connectivity index (χ4n) is 6.53. The Hall–Kier alpha value is -2.20. The lowest BCUT2D eigenvalue weighted by atomic mass is 9.77. The summed E-state index contributed by atoms with van der Waals surface area (Å²) in [6.07, 6.45) is 3.89. The van der Waals surface area contributed by atoms with E-state index >= 15 is 0 Å². The predicted molar refractivity (Wildman–Crippen MR) is 154 cm³/mol. The average molecular weight is 560 g/mol. The number of carbonyl (C=O) groups is 2. The minimum Gasteiger partial charge on any atom is -0.493 e. The van der Waals surface area contributed by atoms with Crippen LogP contribution in [0.25, 0.3) is 0 Å². The van der Waals surface area contributed by atoms with Crippen LogP contribution in [0.5, 0.6) is 5.75 Å². The number of hydrogen-bond donors (Lipinski definition) is 1. The molecular formula is C31H49N3O6. The molecule has 2 saturated heterocycles. The first-order valence-corrected chi connectivity index (χ1v) is 15.0. The van der Waals surface area contributed by atoms with Crippen LogP contribution >= 0.6 is 0 Å². The summed E-state index contributed by atoms with van der Waals surface area (Å²) in [5.74, 6) is -0.722. The van der Waals surface area contributed by atoms with Crippen LogP contribution in [0.2, 0.25) is 0 Å². The van der Waals surface area contributed by atoms with Crippen molar-refractivity contribution in [1.29, 1.82) is 0 Å². The second-order valence-corrected chi connectivity index (χ2v) is 12.6. The van der Waals surface area contributed by atoms with E-state index in [1.807, 2.05) is 31.1 Å². The summed E-state index contributed by atoms with van der Waals surface area (Å²) in [4.78, 5) is 33.0. The molecule has 3 heterocycles. The first-order chi connectivity index (χ1) is 19.1. The largest absolute Gasteiger partial charge is 0.493 e. The Morgan fingerprint density at radius 3 is 2.48 bits per heavy atom. The molecule has 0 aromatic heterocycles. The van der Waals surface area contributed by atoms with E-state index in [4.69, 9.17) is 14.2 Å². The first-order valence-electron chi connectivity index (χ1n) is 15.0. The van der Waals surface area contributed by atoms with Crippen molar-refractivity contribution in [2.75, 3.05) is 66.6 Å². The molecule has 3 atom stereocenters. The molecule has 1 amide bonds. The Morgan fingerprint density at radius 2 is 1.80 bits per heavy atom. The minimum absolute atomic E-state index is 0.0792. The zero-order valence-electron chi connectivity index (χ0n) is 25.1. The number of hydrogen-bond acceptors (Lipinski definition) is 7. The monoisotopic (exact) mass is 559 g/mol. The topological polar surface area (TPSA) is 91.8 Å². The molecule has 40 heavy (non-hydrogen) atoms. The van der Waals surface area contributed by atoms with Crippen molar-refractivity contribution < 1.29 is 28.9 Å². The third-order valence-corrected chi connectivity index (χ3v) is 8.68. The number of unbranched alkanes of at least 4 members (excludes halogenated alkanes) is 1. The molecule has 4 rings (SSSR count). The molecular weight excluding hydrogens is 510 g/mol. The van der Waals surface area contributed by atoms with Gasteiger partial charge in [-0.1, -0.05) is 39.3 Å². The van der Waals surface area contributed by atoms with Crippen molar-refractivity contribution in [3.63, 3.8) is 0 Å². The number of benzene rings is 1. The quantitative estimate of drug-likeness (QED) is 0.371. The summed E-state index contributed by atoms with van der Waals surface area (Å²) in [6, 6.07) is 5.78. The van der Waals surface area contributed by atoms with Gasteiger partial charge in [-0.15, -0.1) is 0 Å². The highest BCUT2D eigenvalue weighted by molar-refractivity contribution is 5.79. The van der Waals surface area contributed by atoms with E-state index in [2.05, 4.69) is 36.6 Å². The highest BCUT2D eigenvalue weighted by Crippen LogP contribution is 2.45. The van der Waals surface area contributed by atoms with E-state index < -0.39 is 17.3 Å². The third kappa shape index (κ3) is 7.35. The maximum atomic E-state index is 13.8. The van der Waals surface area contributed by atoms with Crippen LogP contribution in [-0.4, -0.2) is 111 Å². The lowest BCUT2D eigenvalue weighted by Crippen LogP contribution is -2.47. The second kappa shape index (κ2) is 13.6. The van der Waals surface area contributed by atoms with E-state index in [0.717, 1.165) is 55.6 Å². The minimum atomic E-state index is -0.820. The molecule has 0 bridgehead atoms. The maximum absolute atomic E-state index is 13.8. The van der Waals surface area contributed by atoms with E-state index in [-0.39, 0.29) is 30.7 Å². The van der Waals surface area contributed by atoms with Crippen molar-refractivity contribution >= 4 is 11.9 Å². The lowest BCUT2D eigenvalue weighted by molar-refractivity contribution is -0.148. The van der Waals surface area contributed by atoms with E-state index in [0.29, 0.717) is 39.3 Å². The SMILES string of the molecule is CCCCN(CCCN(C)C)C(=O)CN1CC(c2ccc3c(c2)CCO3)C(C(=O)O)C1CC(C)(C)C1OCCO1. The number of carboxylic acid groups (broad SMARTS) is 1. The Kier molecular flexibility index (Phi) is 10.5. The molecule has 9 heteroatoms. The van der Waals surface area contributed by atoms with E-state index in [9.17, 15) is 14.7 Å². The zero-order chi connectivity index (χ0) is 28.9. The van der Waals surface area contributed by atoms with Crippen molar-refractivity contribution in [1.82, 2.24) is 14.7 Å². The molecule has 3 aliphatic rings. The Labute approximate surface area is 239 Å². The first kappa shape index (κ1) is 30.8. The molecule has 1 aromatic rings. The van der Waals surface area contributed by atoms with Gasteiger partial charge in [0, 0.05) is 43.4 Å². The average Bonchev–Trinajstić information content (AvgIpc) is 3.66. The van der Waals surface area contributed by atoms with Gasteiger partial charge >= 0.3 is 5.97 Å². The van der Waals surface area contributed by atoms with Crippen molar-refractivity contribution in [2.24, 2.45) is 11.3 Å². The number of amides is 1. The third-order valence-electron chi connectivity index (χ3n) is 8.68. The molecule has 0 radical (unpaired) electrons. The van der Waals surface area contributed by atoms with Gasteiger partial charge in [0.25, 0.3) is 0 Å². The van der Waals surface area contributed by atoms with Crippen LogP contribution in [0.3, 0.4) is 0 Å². The molecule has 1 aromatic carbocycles. The van der Waals surface area contributed by atoms with Gasteiger partial charge < -0.3 is 29.1 Å². The Bertz CT molecular complexity index is 1010. The number of fused-ring (bicyclic) bond motifs is 1. The van der Waals surface area contributed by atoms with Gasteiger partial charge in [0.2, 0.25) is 5.91 Å². The van der Waals surface area contributed by atoms with Crippen LogP contribution in [-0.2, 0) is 25.5 Å². The Morgan fingerprint density at radius 1 is 1.07 bits per heavy atom. The highest BCUT2D eigenvalue weighted by Gasteiger charge is 2.50. The number of ether oxygens (including phenoxy) is 3. The van der Waals surface area contributed by atoms with Crippen LogP contribution in [0.4, 0.5) is 0 Å². The van der Waals surface area contributed by atoms with Gasteiger partial charge in [0.05, 0.1) is 32.3 Å². The number of nitrogens with zero attached hydrogens (tertiary/aromatic N) is 3. The summed E-state index contributed by atoms with van der Waals surface area (Å²) in [6.45, 7) is 11.1. The fourth-order valence-corrected chi connectivity index (χ4v) is 6.53. The van der Waals surface area contributed by atoms with Crippen LogP contribution in [0.15, 0.2) is 18.2 Å². The molecule has 0 aliphatic carbocycles. The number of carbonyl (C=O) groups excluding carboxylic acids is 1.